The van der Waals surface area contributed by atoms with E-state index in [1.165, 1.54) is 0 Å². The van der Waals surface area contributed by atoms with E-state index in [2.05, 4.69) is 20.6 Å². The van der Waals surface area contributed by atoms with Crippen molar-refractivity contribution in [2.75, 3.05) is 39.5 Å². The van der Waals surface area contributed by atoms with Gasteiger partial charge in [0.1, 0.15) is 25.1 Å². The number of carbonyl (C=O) groups excluding carboxylic acids is 4. The first-order valence-corrected chi connectivity index (χ1v) is 9.13. The van der Waals surface area contributed by atoms with Crippen molar-refractivity contribution in [2.24, 2.45) is 5.16 Å². The molecule has 0 aliphatic heterocycles. The van der Waals surface area contributed by atoms with Gasteiger partial charge in [-0.3, -0.25) is 9.59 Å². The number of ketones is 2. The molecule has 0 bridgehead atoms. The summed E-state index contributed by atoms with van der Waals surface area (Å²) in [5, 5.41) is 7.68. The van der Waals surface area contributed by atoms with Crippen LogP contribution in [0.1, 0.15) is 33.1 Å². The Hall–Kier alpha value is -2.76. The zero-order chi connectivity index (χ0) is 21.9. The molecule has 0 heterocycles. The molecule has 0 aromatic heterocycles. The molecule has 2 N–H and O–H groups in total. The summed E-state index contributed by atoms with van der Waals surface area (Å²) in [4.78, 5) is 50.2. The van der Waals surface area contributed by atoms with Crippen LogP contribution in [0.15, 0.2) is 5.16 Å². The number of rotatable bonds is 16. The minimum Gasteiger partial charge on any atom is -0.447 e. The molecule has 0 rings (SSSR count). The van der Waals surface area contributed by atoms with E-state index in [-0.39, 0.29) is 44.9 Å². The molecule has 166 valence electrons. The summed E-state index contributed by atoms with van der Waals surface area (Å²) in [7, 11) is 0. The average molecular weight is 421 g/mol. The van der Waals surface area contributed by atoms with Gasteiger partial charge in [-0.05, 0) is 20.3 Å². The number of nitrogens with zero attached hydrogens (tertiary/aromatic N) is 1. The third-order valence-corrected chi connectivity index (χ3v) is 3.13. The fraction of sp³-hybridized carbons (Fsp3) is 0.706. The third-order valence-electron chi connectivity index (χ3n) is 3.13. The zero-order valence-corrected chi connectivity index (χ0v) is 16.6. The van der Waals surface area contributed by atoms with Crippen LogP contribution in [-0.2, 0) is 28.6 Å². The summed E-state index contributed by atoms with van der Waals surface area (Å²) < 4.78 is 27.0. The van der Waals surface area contributed by atoms with E-state index < -0.39 is 30.7 Å². The quantitative estimate of drug-likeness (QED) is 0.163. The van der Waals surface area contributed by atoms with Gasteiger partial charge in [0.2, 0.25) is 6.47 Å². The van der Waals surface area contributed by atoms with Crippen LogP contribution in [0.25, 0.3) is 0 Å². The minimum absolute atomic E-state index is 0.0686. The number of hydrogen-bond acceptors (Lipinski definition) is 9. The van der Waals surface area contributed by atoms with E-state index in [9.17, 15) is 23.6 Å². The second-order valence-corrected chi connectivity index (χ2v) is 5.58. The fourth-order valence-corrected chi connectivity index (χ4v) is 1.89. The van der Waals surface area contributed by atoms with Crippen LogP contribution in [0.5, 0.6) is 0 Å². The minimum atomic E-state index is -0.719. The number of amides is 2. The second-order valence-electron chi connectivity index (χ2n) is 5.58. The molecule has 0 aliphatic rings. The average Bonchev–Trinajstić information content (AvgIpc) is 2.67. The molecule has 0 aromatic rings. The van der Waals surface area contributed by atoms with Gasteiger partial charge in [0, 0.05) is 26.1 Å². The Kier molecular flexibility index (Phi) is 15.7. The Bertz CT molecular complexity index is 523. The number of Topliss-reactive ketones (excluding diaryl/α,β-unsaturated/α-hetero) is 2. The van der Waals surface area contributed by atoms with E-state index in [0.29, 0.717) is 19.5 Å². The Labute approximate surface area is 168 Å². The molecule has 2 amide bonds. The molecule has 0 aromatic carbocycles. The van der Waals surface area contributed by atoms with Gasteiger partial charge in [-0.1, -0.05) is 5.16 Å². The lowest BCUT2D eigenvalue weighted by Gasteiger charge is -2.18. The maximum Gasteiger partial charge on any atom is 0.407 e. The molecular weight excluding hydrogens is 393 g/mol. The molecule has 0 radical (unpaired) electrons. The van der Waals surface area contributed by atoms with Gasteiger partial charge in [-0.2, -0.15) is 4.39 Å². The van der Waals surface area contributed by atoms with Crippen LogP contribution < -0.4 is 10.6 Å². The first-order valence-electron chi connectivity index (χ1n) is 9.13. The van der Waals surface area contributed by atoms with E-state index in [1.807, 2.05) is 0 Å². The number of ether oxygens (including phenoxy) is 3. The van der Waals surface area contributed by atoms with E-state index in [1.54, 1.807) is 13.8 Å². The topological polar surface area (TPSA) is 142 Å². The van der Waals surface area contributed by atoms with Crippen LogP contribution in [0, 0.1) is 0 Å². The third kappa shape index (κ3) is 15.9. The molecule has 0 atom stereocenters. The fourth-order valence-electron chi connectivity index (χ4n) is 1.89. The molecule has 0 saturated carbocycles. The SMILES string of the molecule is CCNC(=O)OCC(COC(=O)NCC)OCCCC(=O)CC(=O)CON=CF. The standard InChI is InChI=1S/C17H28FN3O8/c1-3-19-16(24)27-10-15(11-28-17(25)20-4-2)26-7-5-6-13(22)8-14(23)9-29-21-12-18/h12,15H,3-11H2,1-2H3,(H,19,24)(H,20,25). The van der Waals surface area contributed by atoms with Gasteiger partial charge in [0.15, 0.2) is 12.4 Å². The number of carbonyl (C=O) groups is 4. The van der Waals surface area contributed by atoms with Gasteiger partial charge in [-0.25, -0.2) is 9.59 Å². The number of oxime groups is 1. The van der Waals surface area contributed by atoms with E-state index in [0.717, 1.165) is 0 Å². The van der Waals surface area contributed by atoms with Crippen molar-refractivity contribution >= 4 is 30.2 Å². The molecule has 0 unspecified atom stereocenters. The Balaban J connectivity index is 4.23. The lowest BCUT2D eigenvalue weighted by molar-refractivity contribution is -0.129. The highest BCUT2D eigenvalue weighted by atomic mass is 19.1. The maximum absolute atomic E-state index is 11.7. The van der Waals surface area contributed by atoms with Crippen molar-refractivity contribution in [3.8, 4) is 0 Å². The van der Waals surface area contributed by atoms with E-state index >= 15 is 0 Å². The van der Waals surface area contributed by atoms with Gasteiger partial charge in [0.25, 0.3) is 0 Å². The molecule has 12 heteroatoms. The van der Waals surface area contributed by atoms with Gasteiger partial charge in [0.05, 0.1) is 6.42 Å². The van der Waals surface area contributed by atoms with Crippen LogP contribution in [0.3, 0.4) is 0 Å². The normalized spacial score (nSPS) is 10.6. The van der Waals surface area contributed by atoms with Gasteiger partial charge < -0.3 is 29.7 Å². The maximum atomic E-state index is 11.7. The lowest BCUT2D eigenvalue weighted by Crippen LogP contribution is -2.34. The monoisotopic (exact) mass is 421 g/mol. The van der Waals surface area contributed by atoms with Crippen molar-refractivity contribution in [3.63, 3.8) is 0 Å². The van der Waals surface area contributed by atoms with E-state index in [4.69, 9.17) is 14.2 Å². The van der Waals surface area contributed by atoms with Crippen molar-refractivity contribution in [1.29, 1.82) is 0 Å². The zero-order valence-electron chi connectivity index (χ0n) is 16.6. The smallest absolute Gasteiger partial charge is 0.407 e. The Morgan fingerprint density at radius 3 is 2.10 bits per heavy atom. The summed E-state index contributed by atoms with van der Waals surface area (Å²) in [5.41, 5.74) is 0. The lowest BCUT2D eigenvalue weighted by atomic mass is 10.1. The van der Waals surface area contributed by atoms with Gasteiger partial charge in [-0.15, -0.1) is 0 Å². The molecular formula is C17H28FN3O8. The highest BCUT2D eigenvalue weighted by molar-refractivity contribution is 5.99. The summed E-state index contributed by atoms with van der Waals surface area (Å²) in [5.74, 6) is -0.856. The van der Waals surface area contributed by atoms with Crippen LogP contribution in [0.2, 0.25) is 0 Å². The predicted molar refractivity (Wildman–Crippen MR) is 99.2 cm³/mol. The van der Waals surface area contributed by atoms with Crippen LogP contribution in [0.4, 0.5) is 14.0 Å². The van der Waals surface area contributed by atoms with Crippen molar-refractivity contribution in [2.45, 2.75) is 39.2 Å². The summed E-state index contributed by atoms with van der Waals surface area (Å²) in [6, 6.07) is 0. The highest BCUT2D eigenvalue weighted by Gasteiger charge is 2.16. The predicted octanol–water partition coefficient (Wildman–Crippen LogP) is 1.10. The summed E-state index contributed by atoms with van der Waals surface area (Å²) >= 11 is 0. The number of halogens is 1. The molecule has 0 aliphatic carbocycles. The van der Waals surface area contributed by atoms with Crippen LogP contribution in [-0.4, -0.2) is 75.8 Å². The van der Waals surface area contributed by atoms with Crippen molar-refractivity contribution in [3.05, 3.63) is 0 Å². The molecule has 0 saturated heterocycles. The number of alkyl carbamates (subject to hydrolysis) is 2. The second kappa shape index (κ2) is 17.3. The van der Waals surface area contributed by atoms with Crippen LogP contribution >= 0.6 is 0 Å². The number of hydrogen-bond donors (Lipinski definition) is 2. The molecule has 0 fully saturated rings. The highest BCUT2D eigenvalue weighted by Crippen LogP contribution is 2.02. The first kappa shape index (κ1) is 26.2. The first-order chi connectivity index (χ1) is 13.9. The summed E-state index contributed by atoms with van der Waals surface area (Å²) in [6.45, 7) is 3.48. The summed E-state index contributed by atoms with van der Waals surface area (Å²) in [6.07, 6.45) is -1.97. The number of nitrogens with one attached hydrogen (secondary N) is 2. The molecule has 29 heavy (non-hydrogen) atoms. The van der Waals surface area contributed by atoms with Gasteiger partial charge >= 0.3 is 12.2 Å². The largest absolute Gasteiger partial charge is 0.447 e. The van der Waals surface area contributed by atoms with Crippen molar-refractivity contribution in [1.82, 2.24) is 10.6 Å². The Morgan fingerprint density at radius 2 is 1.59 bits per heavy atom. The Morgan fingerprint density at radius 1 is 1.00 bits per heavy atom. The van der Waals surface area contributed by atoms with Crippen molar-refractivity contribution < 1.29 is 42.6 Å². The molecule has 11 nitrogen and oxygen atoms in total. The molecule has 0 spiro atoms.